The van der Waals surface area contributed by atoms with Gasteiger partial charge in [-0.1, -0.05) is 0 Å². The summed E-state index contributed by atoms with van der Waals surface area (Å²) in [7, 11) is 0. The zero-order valence-corrected chi connectivity index (χ0v) is 11.0. The minimum absolute atomic E-state index is 0.147. The van der Waals surface area contributed by atoms with E-state index in [4.69, 9.17) is 14.3 Å². The first-order valence-corrected chi connectivity index (χ1v) is 6.21. The molecule has 1 saturated heterocycles. The van der Waals surface area contributed by atoms with E-state index in [0.717, 1.165) is 0 Å². The Labute approximate surface area is 110 Å². The van der Waals surface area contributed by atoms with E-state index in [1.54, 1.807) is 13.0 Å². The van der Waals surface area contributed by atoms with Crippen molar-refractivity contribution in [2.75, 3.05) is 19.8 Å². The maximum absolute atomic E-state index is 12.4. The highest BCUT2D eigenvalue weighted by Crippen LogP contribution is 2.22. The average Bonchev–Trinajstić information content (AvgIpc) is 2.98. The number of nitrogens with zero attached hydrogens (tertiary/aromatic N) is 1. The Morgan fingerprint density at radius 2 is 2.21 bits per heavy atom. The fraction of sp³-hybridized carbons (Fsp3) is 0.538. The molecule has 6 nitrogen and oxygen atoms in total. The second kappa shape index (κ2) is 5.44. The minimum Gasteiger partial charge on any atom is -0.481 e. The third kappa shape index (κ3) is 2.63. The molecular formula is C13H17NO5. The van der Waals surface area contributed by atoms with E-state index in [2.05, 4.69) is 0 Å². The van der Waals surface area contributed by atoms with Gasteiger partial charge in [-0.25, -0.2) is 0 Å². The quantitative estimate of drug-likeness (QED) is 0.885. The van der Waals surface area contributed by atoms with Crippen molar-refractivity contribution in [2.45, 2.75) is 19.9 Å². The highest BCUT2D eigenvalue weighted by molar-refractivity contribution is 5.94. The number of aliphatic carboxylic acids is 1. The van der Waals surface area contributed by atoms with Gasteiger partial charge in [-0.15, -0.1) is 0 Å². The monoisotopic (exact) mass is 267 g/mol. The SMILES string of the molecule is CCN(C(=O)c1coc(C)c1)C1COCC1C(=O)O. The molecule has 1 aliphatic heterocycles. The molecule has 1 fully saturated rings. The summed E-state index contributed by atoms with van der Waals surface area (Å²) >= 11 is 0. The predicted molar refractivity (Wildman–Crippen MR) is 65.9 cm³/mol. The van der Waals surface area contributed by atoms with Crippen molar-refractivity contribution >= 4 is 11.9 Å². The molecular weight excluding hydrogens is 250 g/mol. The van der Waals surface area contributed by atoms with Crippen LogP contribution in [0, 0.1) is 12.8 Å². The van der Waals surface area contributed by atoms with Gasteiger partial charge in [0.15, 0.2) is 0 Å². The largest absolute Gasteiger partial charge is 0.481 e. The summed E-state index contributed by atoms with van der Waals surface area (Å²) < 4.78 is 10.3. The molecule has 19 heavy (non-hydrogen) atoms. The molecule has 1 aliphatic rings. The van der Waals surface area contributed by atoms with E-state index in [-0.39, 0.29) is 19.1 Å². The molecule has 2 unspecified atom stereocenters. The number of likely N-dealkylation sites (N-methyl/N-ethyl adjacent to an activating group) is 1. The van der Waals surface area contributed by atoms with E-state index >= 15 is 0 Å². The van der Waals surface area contributed by atoms with Gasteiger partial charge in [-0.3, -0.25) is 9.59 Å². The first-order chi connectivity index (χ1) is 9.04. The van der Waals surface area contributed by atoms with E-state index in [9.17, 15) is 9.59 Å². The van der Waals surface area contributed by atoms with Crippen molar-refractivity contribution in [3.05, 3.63) is 23.7 Å². The van der Waals surface area contributed by atoms with Crippen LogP contribution in [0.2, 0.25) is 0 Å². The van der Waals surface area contributed by atoms with E-state index in [1.807, 2.05) is 6.92 Å². The van der Waals surface area contributed by atoms with E-state index in [1.165, 1.54) is 11.2 Å². The molecule has 2 rings (SSSR count). The molecule has 2 heterocycles. The predicted octanol–water partition coefficient (Wildman–Crippen LogP) is 1.15. The maximum Gasteiger partial charge on any atom is 0.311 e. The fourth-order valence-electron chi connectivity index (χ4n) is 2.34. The molecule has 0 spiro atoms. The summed E-state index contributed by atoms with van der Waals surface area (Å²) in [6, 6.07) is 1.22. The Kier molecular flexibility index (Phi) is 3.90. The molecule has 0 aliphatic carbocycles. The molecule has 0 bridgehead atoms. The van der Waals surface area contributed by atoms with Crippen molar-refractivity contribution < 1.29 is 23.8 Å². The van der Waals surface area contributed by atoms with Crippen LogP contribution in [-0.4, -0.2) is 47.7 Å². The summed E-state index contributed by atoms with van der Waals surface area (Å²) in [6.45, 7) is 4.41. The fourth-order valence-corrected chi connectivity index (χ4v) is 2.34. The Hall–Kier alpha value is -1.82. The van der Waals surface area contributed by atoms with Gasteiger partial charge in [0.1, 0.15) is 17.9 Å². The first kappa shape index (κ1) is 13.6. The van der Waals surface area contributed by atoms with Crippen LogP contribution >= 0.6 is 0 Å². The smallest absolute Gasteiger partial charge is 0.311 e. The van der Waals surface area contributed by atoms with Crippen LogP contribution in [0.1, 0.15) is 23.0 Å². The number of hydrogen-bond donors (Lipinski definition) is 1. The lowest BCUT2D eigenvalue weighted by atomic mass is 10.0. The van der Waals surface area contributed by atoms with Crippen molar-refractivity contribution in [2.24, 2.45) is 5.92 Å². The standard InChI is InChI=1S/C13H17NO5/c1-3-14(11-7-18-6-10(11)13(16)17)12(15)9-4-8(2)19-5-9/h4-5,10-11H,3,6-7H2,1-2H3,(H,16,17). The van der Waals surface area contributed by atoms with Crippen LogP contribution in [0.15, 0.2) is 16.7 Å². The minimum atomic E-state index is -0.933. The summed E-state index contributed by atoms with van der Waals surface area (Å²) in [5.41, 5.74) is 0.440. The lowest BCUT2D eigenvalue weighted by Crippen LogP contribution is -2.46. The second-order valence-electron chi connectivity index (χ2n) is 4.59. The topological polar surface area (TPSA) is 80.0 Å². The van der Waals surface area contributed by atoms with Crippen molar-refractivity contribution in [1.82, 2.24) is 4.90 Å². The number of carboxylic acid groups (broad SMARTS) is 1. The Bertz CT molecular complexity index is 481. The Morgan fingerprint density at radius 3 is 2.74 bits per heavy atom. The molecule has 1 aromatic heterocycles. The van der Waals surface area contributed by atoms with Crippen LogP contribution in [0.4, 0.5) is 0 Å². The normalized spacial score (nSPS) is 22.4. The summed E-state index contributed by atoms with van der Waals surface area (Å²) in [6.07, 6.45) is 1.39. The zero-order chi connectivity index (χ0) is 14.0. The zero-order valence-electron chi connectivity index (χ0n) is 11.0. The third-order valence-corrected chi connectivity index (χ3v) is 3.35. The summed E-state index contributed by atoms with van der Waals surface area (Å²) in [5.74, 6) is -1.17. The van der Waals surface area contributed by atoms with Gasteiger partial charge in [0, 0.05) is 6.54 Å². The number of rotatable bonds is 4. The lowest BCUT2D eigenvalue weighted by molar-refractivity contribution is -0.142. The van der Waals surface area contributed by atoms with Gasteiger partial charge in [0.05, 0.1) is 24.8 Å². The number of carbonyl (C=O) groups is 2. The molecule has 0 aromatic carbocycles. The van der Waals surface area contributed by atoms with Crippen LogP contribution in [0.5, 0.6) is 0 Å². The van der Waals surface area contributed by atoms with Crippen LogP contribution in [0.25, 0.3) is 0 Å². The van der Waals surface area contributed by atoms with Crippen LogP contribution < -0.4 is 0 Å². The van der Waals surface area contributed by atoms with Crippen molar-refractivity contribution in [1.29, 1.82) is 0 Å². The Balaban J connectivity index is 2.20. The number of hydrogen-bond acceptors (Lipinski definition) is 4. The van der Waals surface area contributed by atoms with E-state index in [0.29, 0.717) is 17.9 Å². The number of aryl methyl sites for hydroxylation is 1. The van der Waals surface area contributed by atoms with Crippen LogP contribution in [-0.2, 0) is 9.53 Å². The van der Waals surface area contributed by atoms with Gasteiger partial charge in [0.25, 0.3) is 5.91 Å². The highest BCUT2D eigenvalue weighted by Gasteiger charge is 2.39. The molecule has 104 valence electrons. The molecule has 1 N–H and O–H groups in total. The maximum atomic E-state index is 12.4. The number of carbonyl (C=O) groups excluding carboxylic acids is 1. The number of ether oxygens (including phenoxy) is 1. The molecule has 6 heteroatoms. The summed E-state index contributed by atoms with van der Waals surface area (Å²) in [4.78, 5) is 25.1. The van der Waals surface area contributed by atoms with Crippen molar-refractivity contribution in [3.63, 3.8) is 0 Å². The van der Waals surface area contributed by atoms with Gasteiger partial charge in [-0.2, -0.15) is 0 Å². The van der Waals surface area contributed by atoms with Gasteiger partial charge in [-0.05, 0) is 19.9 Å². The Morgan fingerprint density at radius 1 is 1.47 bits per heavy atom. The first-order valence-electron chi connectivity index (χ1n) is 6.21. The highest BCUT2D eigenvalue weighted by atomic mass is 16.5. The lowest BCUT2D eigenvalue weighted by Gasteiger charge is -2.28. The third-order valence-electron chi connectivity index (χ3n) is 3.35. The molecule has 1 aromatic rings. The van der Waals surface area contributed by atoms with Crippen molar-refractivity contribution in [3.8, 4) is 0 Å². The number of amides is 1. The average molecular weight is 267 g/mol. The van der Waals surface area contributed by atoms with Crippen LogP contribution in [0.3, 0.4) is 0 Å². The molecule has 2 atom stereocenters. The molecule has 0 saturated carbocycles. The van der Waals surface area contributed by atoms with E-state index < -0.39 is 17.9 Å². The van der Waals surface area contributed by atoms with Gasteiger partial charge in [0.2, 0.25) is 0 Å². The summed E-state index contributed by atoms with van der Waals surface area (Å²) in [5, 5.41) is 9.15. The molecule has 1 amide bonds. The molecule has 0 radical (unpaired) electrons. The van der Waals surface area contributed by atoms with Gasteiger partial charge < -0.3 is 19.2 Å². The second-order valence-corrected chi connectivity index (χ2v) is 4.59. The van der Waals surface area contributed by atoms with Gasteiger partial charge >= 0.3 is 5.97 Å². The number of carboxylic acids is 1. The number of furan rings is 1.